The summed E-state index contributed by atoms with van der Waals surface area (Å²) in [6, 6.07) is 15.3. The Morgan fingerprint density at radius 1 is 1.00 bits per heavy atom. The molecule has 2 aromatic rings. The molecule has 0 spiro atoms. The van der Waals surface area contributed by atoms with Gasteiger partial charge in [-0.05, 0) is 46.9 Å². The van der Waals surface area contributed by atoms with Crippen molar-refractivity contribution in [2.24, 2.45) is 11.8 Å². The summed E-state index contributed by atoms with van der Waals surface area (Å²) in [5, 5.41) is 9.72. The molecule has 6 nitrogen and oxygen atoms in total. The molecule has 5 rings (SSSR count). The van der Waals surface area contributed by atoms with E-state index in [2.05, 4.69) is 24.3 Å². The molecule has 3 aliphatic rings. The fraction of sp³-hybridized carbons (Fsp3) is 0.400. The second-order valence-corrected chi connectivity index (χ2v) is 8.85. The van der Waals surface area contributed by atoms with Crippen LogP contribution < -0.4 is 0 Å². The zero-order valence-corrected chi connectivity index (χ0v) is 17.2. The summed E-state index contributed by atoms with van der Waals surface area (Å²) < 4.78 is 5.72. The van der Waals surface area contributed by atoms with Gasteiger partial charge in [-0.1, -0.05) is 48.5 Å². The van der Waals surface area contributed by atoms with Crippen molar-refractivity contribution in [2.75, 3.05) is 13.2 Å². The van der Waals surface area contributed by atoms with Crippen LogP contribution >= 0.6 is 0 Å². The SMILES string of the molecule is O=C1CC[C@@H]2CN(C(=O)OCC3c4ccccc4-c4ccccc43)[C@@H](C(=O)O)C[C@@H]2C1. The lowest BCUT2D eigenvalue weighted by Crippen LogP contribution is -2.54. The van der Waals surface area contributed by atoms with Crippen LogP contribution in [0.15, 0.2) is 48.5 Å². The quantitative estimate of drug-likeness (QED) is 0.810. The van der Waals surface area contributed by atoms with Gasteiger partial charge < -0.3 is 9.84 Å². The van der Waals surface area contributed by atoms with Crippen molar-refractivity contribution in [3.8, 4) is 11.1 Å². The number of amides is 1. The number of carbonyl (C=O) groups is 3. The second kappa shape index (κ2) is 7.84. The summed E-state index contributed by atoms with van der Waals surface area (Å²) in [4.78, 5) is 38.1. The number of aliphatic carboxylic acids is 1. The summed E-state index contributed by atoms with van der Waals surface area (Å²) >= 11 is 0. The van der Waals surface area contributed by atoms with Crippen molar-refractivity contribution in [3.05, 3.63) is 59.7 Å². The Morgan fingerprint density at radius 3 is 2.29 bits per heavy atom. The molecule has 1 saturated heterocycles. The number of hydrogen-bond donors (Lipinski definition) is 1. The first kappa shape index (κ1) is 19.8. The molecular weight excluding hydrogens is 394 g/mol. The Morgan fingerprint density at radius 2 is 1.65 bits per heavy atom. The Balaban J connectivity index is 1.33. The average Bonchev–Trinajstić information content (AvgIpc) is 3.10. The van der Waals surface area contributed by atoms with Crippen LogP contribution in [-0.4, -0.2) is 47.0 Å². The highest BCUT2D eigenvalue weighted by Gasteiger charge is 2.44. The maximum atomic E-state index is 13.0. The van der Waals surface area contributed by atoms with E-state index in [-0.39, 0.29) is 30.1 Å². The van der Waals surface area contributed by atoms with Crippen molar-refractivity contribution in [1.29, 1.82) is 0 Å². The molecule has 0 aromatic heterocycles. The number of carboxylic acid groups (broad SMARTS) is 1. The van der Waals surface area contributed by atoms with Gasteiger partial charge in [0.1, 0.15) is 18.4 Å². The summed E-state index contributed by atoms with van der Waals surface area (Å²) in [5.74, 6) is -0.705. The highest BCUT2D eigenvalue weighted by atomic mass is 16.6. The molecule has 2 aromatic carbocycles. The number of piperidine rings is 1. The minimum atomic E-state index is -1.04. The molecule has 0 unspecified atom stereocenters. The number of likely N-dealkylation sites (tertiary alicyclic amines) is 1. The van der Waals surface area contributed by atoms with Gasteiger partial charge >= 0.3 is 12.1 Å². The van der Waals surface area contributed by atoms with E-state index in [9.17, 15) is 19.5 Å². The van der Waals surface area contributed by atoms with Crippen molar-refractivity contribution < 1.29 is 24.2 Å². The van der Waals surface area contributed by atoms with E-state index in [4.69, 9.17) is 4.74 Å². The van der Waals surface area contributed by atoms with Gasteiger partial charge in [0.15, 0.2) is 0 Å². The molecule has 1 saturated carbocycles. The predicted molar refractivity (Wildman–Crippen MR) is 114 cm³/mol. The summed E-state index contributed by atoms with van der Waals surface area (Å²) in [7, 11) is 0. The van der Waals surface area contributed by atoms with Gasteiger partial charge in [-0.2, -0.15) is 0 Å². The summed E-state index contributed by atoms with van der Waals surface area (Å²) in [6.07, 6.45) is 1.38. The number of rotatable bonds is 3. The van der Waals surface area contributed by atoms with Gasteiger partial charge in [0.25, 0.3) is 0 Å². The molecule has 31 heavy (non-hydrogen) atoms. The molecule has 0 bridgehead atoms. The summed E-state index contributed by atoms with van der Waals surface area (Å²) in [5.41, 5.74) is 4.54. The molecule has 1 amide bonds. The largest absolute Gasteiger partial charge is 0.480 e. The molecule has 1 aliphatic heterocycles. The van der Waals surface area contributed by atoms with Crippen LogP contribution in [0.3, 0.4) is 0 Å². The summed E-state index contributed by atoms with van der Waals surface area (Å²) in [6.45, 7) is 0.508. The third-order valence-corrected chi connectivity index (χ3v) is 7.14. The third kappa shape index (κ3) is 3.50. The maximum absolute atomic E-state index is 13.0. The van der Waals surface area contributed by atoms with Crippen LogP contribution in [0.2, 0.25) is 0 Å². The van der Waals surface area contributed by atoms with E-state index >= 15 is 0 Å². The first-order chi connectivity index (χ1) is 15.0. The molecular formula is C25H25NO5. The number of carbonyl (C=O) groups excluding carboxylic acids is 2. The first-order valence-corrected chi connectivity index (χ1v) is 10.9. The molecule has 6 heteroatoms. The number of Topliss-reactive ketones (excluding diaryl/α,β-unsaturated/α-hetero) is 1. The van der Waals surface area contributed by atoms with E-state index in [0.29, 0.717) is 32.2 Å². The number of carboxylic acids is 1. The third-order valence-electron chi connectivity index (χ3n) is 7.14. The number of nitrogens with zero attached hydrogens (tertiary/aromatic N) is 1. The van der Waals surface area contributed by atoms with Gasteiger partial charge in [-0.25, -0.2) is 9.59 Å². The first-order valence-electron chi connectivity index (χ1n) is 10.9. The van der Waals surface area contributed by atoms with Crippen LogP contribution in [0.4, 0.5) is 4.79 Å². The van der Waals surface area contributed by atoms with Crippen molar-refractivity contribution in [2.45, 2.75) is 37.6 Å². The molecule has 160 valence electrons. The van der Waals surface area contributed by atoms with E-state index in [1.807, 2.05) is 24.3 Å². The topological polar surface area (TPSA) is 83.9 Å². The van der Waals surface area contributed by atoms with E-state index in [1.54, 1.807) is 0 Å². The molecule has 3 atom stereocenters. The average molecular weight is 419 g/mol. The number of ether oxygens (including phenoxy) is 1. The number of ketones is 1. The standard InChI is InChI=1S/C25H25NO5/c27-17-10-9-15-13-26(23(24(28)29)12-16(15)11-17)25(30)31-14-22-20-7-3-1-5-18(20)19-6-2-4-8-21(19)22/h1-8,15-16,22-23H,9-14H2,(H,28,29)/t15-,16+,23-/m1/s1. The minimum absolute atomic E-state index is 0.0417. The predicted octanol–water partition coefficient (Wildman–Crippen LogP) is 4.08. The fourth-order valence-electron chi connectivity index (χ4n) is 5.57. The highest BCUT2D eigenvalue weighted by Crippen LogP contribution is 2.45. The van der Waals surface area contributed by atoms with Crippen molar-refractivity contribution >= 4 is 17.8 Å². The zero-order chi connectivity index (χ0) is 21.5. The molecule has 2 fully saturated rings. The van der Waals surface area contributed by atoms with Gasteiger partial charge in [-0.3, -0.25) is 9.69 Å². The molecule has 0 radical (unpaired) electrons. The van der Waals surface area contributed by atoms with Crippen molar-refractivity contribution in [3.63, 3.8) is 0 Å². The van der Waals surface area contributed by atoms with Gasteiger partial charge in [0, 0.05) is 25.3 Å². The smallest absolute Gasteiger partial charge is 0.410 e. The Hall–Kier alpha value is -3.15. The van der Waals surface area contributed by atoms with Crippen LogP contribution in [0.25, 0.3) is 11.1 Å². The minimum Gasteiger partial charge on any atom is -0.480 e. The number of benzene rings is 2. The monoisotopic (exact) mass is 419 g/mol. The lowest BCUT2D eigenvalue weighted by atomic mass is 9.72. The number of hydrogen-bond acceptors (Lipinski definition) is 4. The molecule has 2 aliphatic carbocycles. The Labute approximate surface area is 180 Å². The van der Waals surface area contributed by atoms with E-state index in [1.165, 1.54) is 4.90 Å². The van der Waals surface area contributed by atoms with E-state index in [0.717, 1.165) is 22.3 Å². The van der Waals surface area contributed by atoms with Crippen LogP contribution in [0, 0.1) is 11.8 Å². The second-order valence-electron chi connectivity index (χ2n) is 8.85. The lowest BCUT2D eigenvalue weighted by Gasteiger charge is -2.43. The van der Waals surface area contributed by atoms with Gasteiger partial charge in [0.2, 0.25) is 0 Å². The molecule has 1 heterocycles. The Kier molecular flexibility index (Phi) is 5.00. The zero-order valence-electron chi connectivity index (χ0n) is 17.2. The fourth-order valence-corrected chi connectivity index (χ4v) is 5.57. The number of fused-ring (bicyclic) bond motifs is 4. The lowest BCUT2D eigenvalue weighted by molar-refractivity contribution is -0.147. The van der Waals surface area contributed by atoms with Crippen LogP contribution in [-0.2, 0) is 14.3 Å². The Bertz CT molecular complexity index is 1000. The van der Waals surface area contributed by atoms with Crippen LogP contribution in [0.1, 0.15) is 42.7 Å². The maximum Gasteiger partial charge on any atom is 0.410 e. The van der Waals surface area contributed by atoms with Gasteiger partial charge in [0.05, 0.1) is 0 Å². The van der Waals surface area contributed by atoms with Crippen molar-refractivity contribution in [1.82, 2.24) is 4.90 Å². The highest BCUT2D eigenvalue weighted by molar-refractivity contribution is 5.83. The normalized spacial score (nSPS) is 24.8. The van der Waals surface area contributed by atoms with E-state index < -0.39 is 18.1 Å². The molecule has 1 N–H and O–H groups in total. The van der Waals surface area contributed by atoms with Gasteiger partial charge in [-0.15, -0.1) is 0 Å². The van der Waals surface area contributed by atoms with Crippen LogP contribution in [0.5, 0.6) is 0 Å².